The first kappa shape index (κ1) is 35.0. The number of halogens is 1. The zero-order valence-electron chi connectivity index (χ0n) is 27.3. The maximum Gasteiger partial charge on any atom is 0.265 e. The number of aryl methyl sites for hydroxylation is 1. The number of benzene rings is 3. The van der Waals surface area contributed by atoms with Gasteiger partial charge in [0.05, 0.1) is 15.5 Å². The number of nitrogens with one attached hydrogen (secondary N) is 2. The van der Waals surface area contributed by atoms with Gasteiger partial charge in [-0.3, -0.25) is 9.89 Å². The van der Waals surface area contributed by atoms with E-state index in [0.717, 1.165) is 30.5 Å². The lowest BCUT2D eigenvalue weighted by atomic mass is 10.0. The molecule has 2 aromatic heterocycles. The molecule has 2 heterocycles. The summed E-state index contributed by atoms with van der Waals surface area (Å²) < 4.78 is 33.8. The van der Waals surface area contributed by atoms with Crippen LogP contribution < -0.4 is 10.1 Å². The van der Waals surface area contributed by atoms with Crippen molar-refractivity contribution in [3.63, 3.8) is 0 Å². The number of carbonyl (C=O) groups is 1. The second-order valence-corrected chi connectivity index (χ2v) is 14.3. The predicted molar refractivity (Wildman–Crippen MR) is 187 cm³/mol. The number of H-pyrrole nitrogens is 1. The Kier molecular flexibility index (Phi) is 11.8. The number of fused-ring (bicyclic) bond motifs is 1. The summed E-state index contributed by atoms with van der Waals surface area (Å²) in [5.74, 6) is 0.733. The molecule has 0 aliphatic rings. The van der Waals surface area contributed by atoms with Crippen LogP contribution in [0.3, 0.4) is 0 Å². The quantitative estimate of drug-likeness (QED) is 0.0838. The Morgan fingerprint density at radius 2 is 1.52 bits per heavy atom. The molecule has 0 bridgehead atoms. The van der Waals surface area contributed by atoms with Crippen molar-refractivity contribution < 1.29 is 23.1 Å². The molecule has 3 aromatic carbocycles. The molecule has 1 atom stereocenters. The average molecular weight is 692 g/mol. The van der Waals surface area contributed by atoms with Gasteiger partial charge in [-0.15, -0.1) is 5.10 Å². The highest BCUT2D eigenvalue weighted by Gasteiger charge is 2.22. The lowest BCUT2D eigenvalue weighted by Crippen LogP contribution is -2.33. The largest absolute Gasteiger partial charge is 0.508 e. The summed E-state index contributed by atoms with van der Waals surface area (Å²) in [6.45, 7) is 4.07. The summed E-state index contributed by atoms with van der Waals surface area (Å²) in [5, 5.41) is 20.6. The number of anilines is 1. The summed E-state index contributed by atoms with van der Waals surface area (Å²) in [5.41, 5.74) is 3.00. The minimum atomic E-state index is -3.78. The van der Waals surface area contributed by atoms with E-state index in [1.807, 2.05) is 31.2 Å². The standard InChI is InChI=1S/C36H42ClN5O5S/c1-3-4-5-6-7-8-9-10-11-32(47-29-18-22-31(23-19-29)48(45,46)30-20-16-28(43)17-21-30)36(44)38-27-14-12-26(13-15-27)24-33-39-35-34(37)25(2)40-42(35)41-33/h12-23,32,40,43H,3-11,24H2,1-2H3,(H,38,44). The van der Waals surface area contributed by atoms with E-state index in [-0.39, 0.29) is 21.4 Å². The van der Waals surface area contributed by atoms with Crippen LogP contribution in [0.15, 0.2) is 82.6 Å². The molecule has 1 unspecified atom stereocenters. The molecule has 5 rings (SSSR count). The van der Waals surface area contributed by atoms with Crippen molar-refractivity contribution in [3.8, 4) is 11.5 Å². The number of hydrogen-bond acceptors (Lipinski definition) is 7. The maximum absolute atomic E-state index is 13.5. The van der Waals surface area contributed by atoms with Crippen LogP contribution >= 0.6 is 11.6 Å². The summed E-state index contributed by atoms with van der Waals surface area (Å²) in [6, 6.07) is 19.0. The van der Waals surface area contributed by atoms with Crippen molar-refractivity contribution in [2.45, 2.75) is 94.0 Å². The SMILES string of the molecule is CCCCCCCCCCC(Oc1ccc(S(=O)(=O)c2ccc(O)cc2)cc1)C(=O)Nc1ccc(Cc2nc3c(Cl)c(C)[nH]n3n2)cc1. The van der Waals surface area contributed by atoms with E-state index >= 15 is 0 Å². The number of rotatable bonds is 17. The zero-order valence-corrected chi connectivity index (χ0v) is 28.9. The van der Waals surface area contributed by atoms with Crippen LogP contribution in [-0.2, 0) is 21.1 Å². The zero-order chi connectivity index (χ0) is 34.1. The third-order valence-electron chi connectivity index (χ3n) is 8.21. The van der Waals surface area contributed by atoms with Crippen LogP contribution in [0.1, 0.15) is 81.8 Å². The molecule has 254 valence electrons. The van der Waals surface area contributed by atoms with Gasteiger partial charge in [-0.1, -0.05) is 75.6 Å². The summed E-state index contributed by atoms with van der Waals surface area (Å²) in [4.78, 5) is 18.2. The van der Waals surface area contributed by atoms with Gasteiger partial charge in [-0.2, -0.15) is 4.63 Å². The molecule has 10 nitrogen and oxygen atoms in total. The number of aromatic hydroxyl groups is 1. The number of aromatic nitrogens is 4. The van der Waals surface area contributed by atoms with Gasteiger partial charge in [0.2, 0.25) is 9.84 Å². The number of sulfone groups is 1. The fourth-order valence-electron chi connectivity index (χ4n) is 5.47. The second kappa shape index (κ2) is 16.2. The van der Waals surface area contributed by atoms with Crippen LogP contribution in [0.2, 0.25) is 5.02 Å². The summed E-state index contributed by atoms with van der Waals surface area (Å²) in [7, 11) is -3.78. The van der Waals surface area contributed by atoms with Gasteiger partial charge in [-0.05, 0) is 86.0 Å². The Hall–Kier alpha value is -4.35. The molecule has 5 aromatic rings. The topological polar surface area (TPSA) is 139 Å². The Morgan fingerprint density at radius 1 is 0.917 bits per heavy atom. The Balaban J connectivity index is 1.22. The number of hydrogen-bond donors (Lipinski definition) is 3. The Morgan fingerprint density at radius 3 is 2.15 bits per heavy atom. The minimum Gasteiger partial charge on any atom is -0.508 e. The molecule has 0 aliphatic carbocycles. The number of ether oxygens (including phenoxy) is 1. The highest BCUT2D eigenvalue weighted by Crippen LogP contribution is 2.26. The first-order valence-electron chi connectivity index (χ1n) is 16.4. The van der Waals surface area contributed by atoms with Gasteiger partial charge in [0.25, 0.3) is 5.91 Å². The Bertz CT molecular complexity index is 1900. The van der Waals surface area contributed by atoms with Gasteiger partial charge in [0.15, 0.2) is 17.6 Å². The number of nitrogens with zero attached hydrogens (tertiary/aromatic N) is 3. The summed E-state index contributed by atoms with van der Waals surface area (Å²) in [6.07, 6.45) is 9.33. The molecule has 1 amide bonds. The number of phenols is 1. The van der Waals surface area contributed by atoms with Gasteiger partial charge in [0, 0.05) is 12.1 Å². The van der Waals surface area contributed by atoms with Crippen LogP contribution in [-0.4, -0.2) is 45.3 Å². The fraction of sp³-hybridized carbons (Fsp3) is 0.361. The molecule has 0 saturated heterocycles. The van der Waals surface area contributed by atoms with E-state index < -0.39 is 15.9 Å². The van der Waals surface area contributed by atoms with E-state index in [1.54, 1.807) is 16.8 Å². The van der Waals surface area contributed by atoms with Crippen LogP contribution in [0, 0.1) is 6.92 Å². The molecule has 0 radical (unpaired) electrons. The molecular weight excluding hydrogens is 650 g/mol. The first-order chi connectivity index (χ1) is 23.1. The lowest BCUT2D eigenvalue weighted by molar-refractivity contribution is -0.123. The van der Waals surface area contributed by atoms with Crippen molar-refractivity contribution in [3.05, 3.63) is 94.9 Å². The average Bonchev–Trinajstić information content (AvgIpc) is 3.59. The third-order valence-corrected chi connectivity index (χ3v) is 10.4. The highest BCUT2D eigenvalue weighted by molar-refractivity contribution is 7.91. The number of phenolic OH excluding ortho intramolecular Hbond substituents is 1. The Labute approximate surface area is 286 Å². The molecule has 12 heteroatoms. The second-order valence-electron chi connectivity index (χ2n) is 12.0. The third kappa shape index (κ3) is 8.96. The molecular formula is C36H42ClN5O5S. The number of amides is 1. The molecule has 0 spiro atoms. The monoisotopic (exact) mass is 691 g/mol. The lowest BCUT2D eigenvalue weighted by Gasteiger charge is -2.19. The van der Waals surface area contributed by atoms with Crippen LogP contribution in [0.4, 0.5) is 5.69 Å². The van der Waals surface area contributed by atoms with Crippen LogP contribution in [0.5, 0.6) is 11.5 Å². The number of unbranched alkanes of at least 4 members (excludes halogenated alkanes) is 7. The molecule has 3 N–H and O–H groups in total. The smallest absolute Gasteiger partial charge is 0.265 e. The van der Waals surface area contributed by atoms with Crippen molar-refractivity contribution in [2.75, 3.05) is 5.32 Å². The van der Waals surface area contributed by atoms with E-state index in [9.17, 15) is 18.3 Å². The predicted octanol–water partition coefficient (Wildman–Crippen LogP) is 8.07. The van der Waals surface area contributed by atoms with Gasteiger partial charge < -0.3 is 15.2 Å². The molecule has 0 aliphatic heterocycles. The van der Waals surface area contributed by atoms with Crippen LogP contribution in [0.25, 0.3) is 5.65 Å². The van der Waals surface area contributed by atoms with E-state index in [0.29, 0.717) is 40.8 Å². The van der Waals surface area contributed by atoms with Gasteiger partial charge in [0.1, 0.15) is 16.5 Å². The van der Waals surface area contributed by atoms with E-state index in [4.69, 9.17) is 16.3 Å². The van der Waals surface area contributed by atoms with Gasteiger partial charge >= 0.3 is 0 Å². The van der Waals surface area contributed by atoms with E-state index in [2.05, 4.69) is 27.4 Å². The molecule has 0 fully saturated rings. The van der Waals surface area contributed by atoms with E-state index in [1.165, 1.54) is 68.5 Å². The number of carbonyl (C=O) groups excluding carboxylic acids is 1. The van der Waals surface area contributed by atoms with Crippen molar-refractivity contribution >= 4 is 38.7 Å². The minimum absolute atomic E-state index is 0.0136. The van der Waals surface area contributed by atoms with Crippen molar-refractivity contribution in [2.24, 2.45) is 0 Å². The van der Waals surface area contributed by atoms with Crippen molar-refractivity contribution in [1.29, 1.82) is 0 Å². The highest BCUT2D eigenvalue weighted by atomic mass is 35.5. The number of aromatic amines is 1. The maximum atomic E-state index is 13.5. The molecule has 48 heavy (non-hydrogen) atoms. The van der Waals surface area contributed by atoms with Crippen molar-refractivity contribution in [1.82, 2.24) is 19.8 Å². The summed E-state index contributed by atoms with van der Waals surface area (Å²) >= 11 is 6.29. The molecule has 0 saturated carbocycles. The fourth-order valence-corrected chi connectivity index (χ4v) is 6.89. The normalized spacial score (nSPS) is 12.3. The van der Waals surface area contributed by atoms with Gasteiger partial charge in [-0.25, -0.2) is 13.4 Å². The first-order valence-corrected chi connectivity index (χ1v) is 18.3.